The fourth-order valence-electron chi connectivity index (χ4n) is 3.37. The summed E-state index contributed by atoms with van der Waals surface area (Å²) in [5, 5.41) is 2.64. The minimum absolute atomic E-state index is 0.0684. The Morgan fingerprint density at radius 2 is 1.88 bits per heavy atom. The molecule has 2 aromatic carbocycles. The van der Waals surface area contributed by atoms with Gasteiger partial charge in [-0.25, -0.2) is 22.3 Å². The van der Waals surface area contributed by atoms with E-state index in [1.807, 2.05) is 0 Å². The average molecular weight is 478 g/mol. The summed E-state index contributed by atoms with van der Waals surface area (Å²) in [7, 11) is -3.93. The minimum Gasteiger partial charge on any atom is -0.444 e. The van der Waals surface area contributed by atoms with Gasteiger partial charge >= 0.3 is 6.09 Å². The molecule has 10 heteroatoms. The highest BCUT2D eigenvalue weighted by Crippen LogP contribution is 2.19. The van der Waals surface area contributed by atoms with Crippen molar-refractivity contribution in [2.75, 3.05) is 18.4 Å². The number of benzene rings is 2. The minimum atomic E-state index is -3.93. The molecule has 1 atom stereocenters. The summed E-state index contributed by atoms with van der Waals surface area (Å²) in [6.45, 7) is 7.45. The zero-order valence-electron chi connectivity index (χ0n) is 19.0. The van der Waals surface area contributed by atoms with E-state index in [4.69, 9.17) is 4.74 Å². The molecule has 0 spiro atoms. The number of anilines is 1. The molecule has 2 N–H and O–H groups in total. The van der Waals surface area contributed by atoms with Crippen molar-refractivity contribution in [2.45, 2.75) is 50.7 Å². The zero-order chi connectivity index (χ0) is 24.4. The van der Waals surface area contributed by atoms with Crippen LogP contribution in [0.1, 0.15) is 43.1 Å². The molecule has 1 saturated heterocycles. The van der Waals surface area contributed by atoms with Crippen molar-refractivity contribution in [1.29, 1.82) is 0 Å². The third-order valence-corrected chi connectivity index (χ3v) is 6.50. The smallest absolute Gasteiger partial charge is 0.410 e. The van der Waals surface area contributed by atoms with Gasteiger partial charge in [0.25, 0.3) is 5.91 Å². The van der Waals surface area contributed by atoms with Crippen molar-refractivity contribution in [3.8, 4) is 0 Å². The van der Waals surface area contributed by atoms with Crippen LogP contribution in [-0.2, 0) is 14.8 Å². The Bertz CT molecular complexity index is 1160. The molecular weight excluding hydrogens is 449 g/mol. The predicted molar refractivity (Wildman–Crippen MR) is 122 cm³/mol. The number of carbonyl (C=O) groups excluding carboxylic acids is 2. The van der Waals surface area contributed by atoms with Crippen LogP contribution in [0.4, 0.5) is 14.9 Å². The van der Waals surface area contributed by atoms with Gasteiger partial charge in [-0.1, -0.05) is 6.07 Å². The molecule has 1 unspecified atom stereocenters. The number of likely N-dealkylation sites (tertiary alicyclic amines) is 1. The molecule has 0 aromatic heterocycles. The number of aryl methyl sites for hydroxylation is 1. The van der Waals surface area contributed by atoms with Crippen LogP contribution in [0.25, 0.3) is 0 Å². The van der Waals surface area contributed by atoms with Crippen molar-refractivity contribution in [1.82, 2.24) is 9.62 Å². The van der Waals surface area contributed by atoms with Gasteiger partial charge in [0.1, 0.15) is 11.4 Å². The van der Waals surface area contributed by atoms with E-state index in [-0.39, 0.29) is 22.8 Å². The predicted octanol–water partition coefficient (Wildman–Crippen LogP) is 3.67. The second kappa shape index (κ2) is 9.48. The number of carbonyl (C=O) groups is 2. The molecule has 1 heterocycles. The lowest BCUT2D eigenvalue weighted by Gasteiger charge is -2.24. The monoisotopic (exact) mass is 477 g/mol. The Balaban J connectivity index is 1.67. The van der Waals surface area contributed by atoms with Crippen LogP contribution in [0.15, 0.2) is 47.4 Å². The van der Waals surface area contributed by atoms with Crippen LogP contribution in [0.2, 0.25) is 0 Å². The van der Waals surface area contributed by atoms with Gasteiger partial charge in [0, 0.05) is 30.4 Å². The first-order valence-corrected chi connectivity index (χ1v) is 12.0. The SMILES string of the molecule is Cc1cc(NC(=O)c2cccc(S(=O)(=O)NC3CCN(C(=O)OC(C)(C)C)C3)c2)ccc1F. The van der Waals surface area contributed by atoms with Gasteiger partial charge in [-0.05, 0) is 76.1 Å². The first-order valence-electron chi connectivity index (χ1n) is 10.5. The van der Waals surface area contributed by atoms with Crippen molar-refractivity contribution in [3.05, 3.63) is 59.4 Å². The number of nitrogens with zero attached hydrogens (tertiary/aromatic N) is 1. The van der Waals surface area contributed by atoms with Crippen molar-refractivity contribution < 1.29 is 27.1 Å². The molecule has 0 aliphatic carbocycles. The lowest BCUT2D eigenvalue weighted by Crippen LogP contribution is -2.40. The van der Waals surface area contributed by atoms with Crippen LogP contribution in [-0.4, -0.2) is 50.1 Å². The maximum atomic E-state index is 13.4. The molecule has 33 heavy (non-hydrogen) atoms. The lowest BCUT2D eigenvalue weighted by molar-refractivity contribution is 0.0291. The van der Waals surface area contributed by atoms with Crippen molar-refractivity contribution in [3.63, 3.8) is 0 Å². The summed E-state index contributed by atoms with van der Waals surface area (Å²) in [5.41, 5.74) is 0.285. The highest BCUT2D eigenvalue weighted by Gasteiger charge is 2.32. The maximum Gasteiger partial charge on any atom is 0.410 e. The Morgan fingerprint density at radius 3 is 2.55 bits per heavy atom. The third kappa shape index (κ3) is 6.52. The van der Waals surface area contributed by atoms with Crippen LogP contribution in [0.5, 0.6) is 0 Å². The first kappa shape index (κ1) is 24.7. The van der Waals surface area contributed by atoms with Gasteiger partial charge in [0.2, 0.25) is 10.0 Å². The van der Waals surface area contributed by atoms with E-state index in [9.17, 15) is 22.4 Å². The standard InChI is InChI=1S/C23H28FN3O5S/c1-15-12-17(8-9-20(15)24)25-21(28)16-6-5-7-19(13-16)33(30,31)26-18-10-11-27(14-18)22(29)32-23(2,3)4/h5-9,12-13,18,26H,10-11,14H2,1-4H3,(H,25,28). The normalized spacial score (nSPS) is 16.5. The van der Waals surface area contributed by atoms with E-state index >= 15 is 0 Å². The lowest BCUT2D eigenvalue weighted by atomic mass is 10.2. The molecule has 0 bridgehead atoms. The fourth-order valence-corrected chi connectivity index (χ4v) is 4.67. The zero-order valence-corrected chi connectivity index (χ0v) is 19.8. The molecule has 1 aliphatic rings. The second-order valence-electron chi connectivity index (χ2n) is 8.98. The Kier molecular flexibility index (Phi) is 7.08. The Morgan fingerprint density at radius 1 is 1.15 bits per heavy atom. The number of hydrogen-bond donors (Lipinski definition) is 2. The quantitative estimate of drug-likeness (QED) is 0.684. The maximum absolute atomic E-state index is 13.4. The molecule has 3 rings (SSSR count). The van der Waals surface area contributed by atoms with Crippen LogP contribution >= 0.6 is 0 Å². The molecule has 1 fully saturated rings. The molecule has 2 amide bonds. The first-order chi connectivity index (χ1) is 15.3. The molecule has 2 aromatic rings. The molecule has 1 aliphatic heterocycles. The molecule has 0 radical (unpaired) electrons. The number of ether oxygens (including phenoxy) is 1. The largest absolute Gasteiger partial charge is 0.444 e. The molecule has 0 saturated carbocycles. The molecule has 8 nitrogen and oxygen atoms in total. The summed E-state index contributed by atoms with van der Waals surface area (Å²) in [5.74, 6) is -0.903. The summed E-state index contributed by atoms with van der Waals surface area (Å²) in [6.07, 6.45) is -0.0401. The highest BCUT2D eigenvalue weighted by atomic mass is 32.2. The average Bonchev–Trinajstić information content (AvgIpc) is 3.17. The number of amides is 2. The summed E-state index contributed by atoms with van der Waals surface area (Å²) in [6, 6.07) is 9.33. The van der Waals surface area contributed by atoms with Crippen molar-refractivity contribution in [2.24, 2.45) is 0 Å². The number of hydrogen-bond acceptors (Lipinski definition) is 5. The molecular formula is C23H28FN3O5S. The van der Waals surface area contributed by atoms with Gasteiger partial charge in [-0.3, -0.25) is 4.79 Å². The van der Waals surface area contributed by atoms with Gasteiger partial charge < -0.3 is 15.0 Å². The van der Waals surface area contributed by atoms with Gasteiger partial charge in [-0.2, -0.15) is 0 Å². The van der Waals surface area contributed by atoms with E-state index in [0.29, 0.717) is 24.2 Å². The highest BCUT2D eigenvalue weighted by molar-refractivity contribution is 7.89. The fraction of sp³-hybridized carbons (Fsp3) is 0.391. The van der Waals surface area contributed by atoms with E-state index in [1.165, 1.54) is 47.4 Å². The Hall–Kier alpha value is -2.98. The van der Waals surface area contributed by atoms with Crippen LogP contribution in [0, 0.1) is 12.7 Å². The number of rotatable bonds is 5. The van der Waals surface area contributed by atoms with E-state index < -0.39 is 33.7 Å². The van der Waals surface area contributed by atoms with Gasteiger partial charge in [-0.15, -0.1) is 0 Å². The summed E-state index contributed by atoms with van der Waals surface area (Å²) in [4.78, 5) is 26.2. The third-order valence-electron chi connectivity index (χ3n) is 4.98. The van der Waals surface area contributed by atoms with E-state index in [2.05, 4.69) is 10.0 Å². The number of nitrogens with one attached hydrogen (secondary N) is 2. The van der Waals surface area contributed by atoms with Crippen LogP contribution in [0.3, 0.4) is 0 Å². The topological polar surface area (TPSA) is 105 Å². The summed E-state index contributed by atoms with van der Waals surface area (Å²) >= 11 is 0. The number of sulfonamides is 1. The van der Waals surface area contributed by atoms with Crippen LogP contribution < -0.4 is 10.0 Å². The molecule has 178 valence electrons. The van der Waals surface area contributed by atoms with Gasteiger partial charge in [0.15, 0.2) is 0 Å². The van der Waals surface area contributed by atoms with Gasteiger partial charge in [0.05, 0.1) is 4.90 Å². The Labute approximate surface area is 193 Å². The second-order valence-corrected chi connectivity index (χ2v) is 10.7. The van der Waals surface area contributed by atoms with E-state index in [0.717, 1.165) is 0 Å². The summed E-state index contributed by atoms with van der Waals surface area (Å²) < 4.78 is 47.1. The number of halogens is 1. The van der Waals surface area contributed by atoms with E-state index in [1.54, 1.807) is 27.7 Å². The van der Waals surface area contributed by atoms with Crippen molar-refractivity contribution >= 4 is 27.7 Å².